The fraction of sp³-hybridized carbons (Fsp3) is 0.455. The van der Waals surface area contributed by atoms with E-state index in [0.717, 1.165) is 0 Å². The van der Waals surface area contributed by atoms with Gasteiger partial charge >= 0.3 is 0 Å². The third-order valence-electron chi connectivity index (χ3n) is 6.27. The number of rotatable bonds is 7. The van der Waals surface area contributed by atoms with E-state index < -0.39 is 34.4 Å². The molecule has 8 nitrogen and oxygen atoms in total. The summed E-state index contributed by atoms with van der Waals surface area (Å²) < 4.78 is 67.3. The van der Waals surface area contributed by atoms with Crippen LogP contribution in [0.2, 0.25) is 0 Å². The lowest BCUT2D eigenvalue weighted by Crippen LogP contribution is -2.52. The largest absolute Gasteiger partial charge is 0.390 e. The van der Waals surface area contributed by atoms with Gasteiger partial charge in [-0.25, -0.2) is 31.1 Å². The second-order valence-electron chi connectivity index (χ2n) is 8.76. The zero-order valence-electron chi connectivity index (χ0n) is 18.1. The third kappa shape index (κ3) is 4.49. The molecule has 0 radical (unpaired) electrons. The number of anilines is 1. The lowest BCUT2D eigenvalue weighted by Gasteiger charge is -2.35. The van der Waals surface area contributed by atoms with Crippen molar-refractivity contribution in [3.63, 3.8) is 0 Å². The van der Waals surface area contributed by atoms with Gasteiger partial charge in [0.05, 0.1) is 29.3 Å². The van der Waals surface area contributed by atoms with E-state index >= 15 is 0 Å². The number of β-amino-alcohol motifs (C(OH)–C–C–N with tert-alkyl or cyclic N) is 1. The SMILES string of the molecule is O=S(=O)(C1CC1)N1CC[C@@H](Nc2ncc3c(F)cc(-c4ccc(CC(F)F)cc4)n3n2)[C@H](O)C1. The minimum absolute atomic E-state index is 0.00684. The lowest BCUT2D eigenvalue weighted by atomic mass is 10.0. The highest BCUT2D eigenvalue weighted by molar-refractivity contribution is 7.90. The Morgan fingerprint density at radius 2 is 1.91 bits per heavy atom. The van der Waals surface area contributed by atoms with E-state index in [2.05, 4.69) is 15.4 Å². The maximum Gasteiger partial charge on any atom is 0.242 e. The number of piperidine rings is 1. The molecule has 34 heavy (non-hydrogen) atoms. The van der Waals surface area contributed by atoms with Crippen molar-refractivity contribution in [3.8, 4) is 11.3 Å². The fourth-order valence-corrected chi connectivity index (χ4v) is 6.13. The van der Waals surface area contributed by atoms with Crippen molar-refractivity contribution < 1.29 is 26.7 Å². The van der Waals surface area contributed by atoms with E-state index in [9.17, 15) is 26.7 Å². The van der Waals surface area contributed by atoms with Gasteiger partial charge in [-0.3, -0.25) is 0 Å². The van der Waals surface area contributed by atoms with E-state index in [1.54, 1.807) is 24.3 Å². The molecule has 2 fully saturated rings. The van der Waals surface area contributed by atoms with E-state index in [1.165, 1.54) is 21.1 Å². The average molecular weight is 496 g/mol. The molecule has 0 unspecified atom stereocenters. The molecular weight excluding hydrogens is 471 g/mol. The van der Waals surface area contributed by atoms with Gasteiger partial charge in [0, 0.05) is 31.1 Å². The number of halogens is 3. The predicted octanol–water partition coefficient (Wildman–Crippen LogP) is 2.68. The standard InChI is InChI=1S/C22H24F3N5O3S/c23-16-10-18(14-3-1-13(2-4-14)9-21(24)25)30-19(16)11-26-22(28-30)27-17-7-8-29(12-20(17)31)34(32,33)15-5-6-15/h1-4,10-11,15,17,20-21,31H,5-9,12H2,(H,27,28)/t17-,20-/m1/s1. The molecule has 3 aromatic rings. The fourth-order valence-electron chi connectivity index (χ4n) is 4.26. The van der Waals surface area contributed by atoms with Crippen molar-refractivity contribution in [1.29, 1.82) is 0 Å². The van der Waals surface area contributed by atoms with Crippen LogP contribution in [-0.4, -0.2) is 69.3 Å². The van der Waals surface area contributed by atoms with Crippen LogP contribution in [0.5, 0.6) is 0 Å². The van der Waals surface area contributed by atoms with Crippen LogP contribution in [0.4, 0.5) is 19.1 Å². The Labute approximate surface area is 194 Å². The molecule has 0 amide bonds. The Morgan fingerprint density at radius 1 is 1.18 bits per heavy atom. The Morgan fingerprint density at radius 3 is 2.56 bits per heavy atom. The van der Waals surface area contributed by atoms with Crippen LogP contribution in [0, 0.1) is 5.82 Å². The van der Waals surface area contributed by atoms with Gasteiger partial charge in [-0.15, -0.1) is 5.10 Å². The van der Waals surface area contributed by atoms with Crippen LogP contribution in [0.1, 0.15) is 24.8 Å². The van der Waals surface area contributed by atoms with Crippen LogP contribution >= 0.6 is 0 Å². The van der Waals surface area contributed by atoms with Gasteiger partial charge in [0.1, 0.15) is 5.52 Å². The molecule has 12 heteroatoms. The Kier molecular flexibility index (Phi) is 5.98. The molecule has 1 saturated carbocycles. The molecule has 182 valence electrons. The summed E-state index contributed by atoms with van der Waals surface area (Å²) in [6.07, 6.45) is -0.752. The van der Waals surface area contributed by atoms with Crippen molar-refractivity contribution in [3.05, 3.63) is 47.9 Å². The molecular formula is C22H24F3N5O3S. The van der Waals surface area contributed by atoms with Crippen molar-refractivity contribution >= 4 is 21.5 Å². The molecule has 2 aromatic heterocycles. The van der Waals surface area contributed by atoms with Crippen molar-refractivity contribution in [1.82, 2.24) is 18.9 Å². The Balaban J connectivity index is 1.35. The quantitative estimate of drug-likeness (QED) is 0.523. The summed E-state index contributed by atoms with van der Waals surface area (Å²) >= 11 is 0. The van der Waals surface area contributed by atoms with Gasteiger partial charge in [-0.05, 0) is 24.8 Å². The van der Waals surface area contributed by atoms with E-state index in [4.69, 9.17) is 0 Å². The Bertz CT molecular complexity index is 1300. The van der Waals surface area contributed by atoms with Crippen LogP contribution in [0.3, 0.4) is 0 Å². The molecule has 1 saturated heterocycles. The van der Waals surface area contributed by atoms with Crippen molar-refractivity contribution in [2.75, 3.05) is 18.4 Å². The van der Waals surface area contributed by atoms with Crippen LogP contribution < -0.4 is 5.32 Å². The molecule has 1 aromatic carbocycles. The number of nitrogens with zero attached hydrogens (tertiary/aromatic N) is 4. The number of aliphatic hydroxyl groups excluding tert-OH is 1. The number of aromatic nitrogens is 3. The number of alkyl halides is 2. The van der Waals surface area contributed by atoms with Crippen LogP contribution in [-0.2, 0) is 16.4 Å². The molecule has 1 aliphatic heterocycles. The smallest absolute Gasteiger partial charge is 0.242 e. The summed E-state index contributed by atoms with van der Waals surface area (Å²) in [6, 6.07) is 7.23. The number of hydrogen-bond donors (Lipinski definition) is 2. The molecule has 2 aliphatic rings. The number of fused-ring (bicyclic) bond motifs is 1. The summed E-state index contributed by atoms with van der Waals surface area (Å²) in [5.74, 6) is -0.377. The van der Waals surface area contributed by atoms with Gasteiger partial charge in [0.2, 0.25) is 22.4 Å². The summed E-state index contributed by atoms with van der Waals surface area (Å²) in [5, 5.41) is 17.6. The summed E-state index contributed by atoms with van der Waals surface area (Å²) in [5.41, 5.74) is 1.64. The number of nitrogens with one attached hydrogen (secondary N) is 1. The average Bonchev–Trinajstić information content (AvgIpc) is 3.61. The number of aliphatic hydroxyl groups is 1. The van der Waals surface area contributed by atoms with Crippen molar-refractivity contribution in [2.24, 2.45) is 0 Å². The van der Waals surface area contributed by atoms with Gasteiger partial charge in [-0.2, -0.15) is 4.31 Å². The van der Waals surface area contributed by atoms with Crippen LogP contribution in [0.25, 0.3) is 16.8 Å². The molecule has 2 N–H and O–H groups in total. The maximum atomic E-state index is 14.5. The lowest BCUT2D eigenvalue weighted by molar-refractivity contribution is 0.0946. The first-order valence-corrected chi connectivity index (χ1v) is 12.6. The number of benzene rings is 1. The summed E-state index contributed by atoms with van der Waals surface area (Å²) in [7, 11) is -3.36. The second kappa shape index (κ2) is 8.82. The van der Waals surface area contributed by atoms with Gasteiger partial charge in [0.25, 0.3) is 0 Å². The summed E-state index contributed by atoms with van der Waals surface area (Å²) in [6.45, 7) is 0.275. The third-order valence-corrected chi connectivity index (χ3v) is 8.64. The predicted molar refractivity (Wildman–Crippen MR) is 120 cm³/mol. The van der Waals surface area contributed by atoms with E-state index in [1.807, 2.05) is 0 Å². The number of sulfonamides is 1. The minimum atomic E-state index is -3.36. The van der Waals surface area contributed by atoms with E-state index in [0.29, 0.717) is 36.1 Å². The maximum absolute atomic E-state index is 14.5. The summed E-state index contributed by atoms with van der Waals surface area (Å²) in [4.78, 5) is 4.15. The molecule has 0 spiro atoms. The first-order chi connectivity index (χ1) is 16.2. The zero-order valence-corrected chi connectivity index (χ0v) is 18.9. The molecule has 1 aliphatic carbocycles. The number of hydrogen-bond acceptors (Lipinski definition) is 6. The minimum Gasteiger partial charge on any atom is -0.390 e. The molecule has 2 atom stereocenters. The van der Waals surface area contributed by atoms with Crippen molar-refractivity contribution in [2.45, 2.75) is 49.5 Å². The first-order valence-electron chi connectivity index (χ1n) is 11.1. The Hall–Kier alpha value is -2.70. The van der Waals surface area contributed by atoms with E-state index in [-0.39, 0.29) is 36.2 Å². The topological polar surface area (TPSA) is 99.8 Å². The van der Waals surface area contributed by atoms with Gasteiger partial charge < -0.3 is 10.4 Å². The second-order valence-corrected chi connectivity index (χ2v) is 11.0. The monoisotopic (exact) mass is 495 g/mol. The zero-order chi connectivity index (χ0) is 24.0. The first kappa shape index (κ1) is 23.1. The highest BCUT2D eigenvalue weighted by atomic mass is 32.2. The molecule has 0 bridgehead atoms. The van der Waals surface area contributed by atoms with Crippen LogP contribution in [0.15, 0.2) is 36.5 Å². The van der Waals surface area contributed by atoms with Gasteiger partial charge in [-0.1, -0.05) is 24.3 Å². The highest BCUT2D eigenvalue weighted by Gasteiger charge is 2.43. The molecule has 3 heterocycles. The van der Waals surface area contributed by atoms with Gasteiger partial charge in [0.15, 0.2) is 5.82 Å². The molecule has 5 rings (SSSR count). The highest BCUT2D eigenvalue weighted by Crippen LogP contribution is 2.33. The normalized spacial score (nSPS) is 21.9.